The first-order chi connectivity index (χ1) is 13.2. The Morgan fingerprint density at radius 2 is 1.85 bits per heavy atom. The predicted molar refractivity (Wildman–Crippen MR) is 100 cm³/mol. The number of aryl methyl sites for hydroxylation is 1. The first-order valence-electron chi connectivity index (χ1n) is 8.77. The van der Waals surface area contributed by atoms with Crippen LogP contribution in [0, 0.1) is 0 Å². The van der Waals surface area contributed by atoms with Crippen LogP contribution in [0.3, 0.4) is 0 Å². The fourth-order valence-electron chi connectivity index (χ4n) is 2.58. The molecule has 0 saturated heterocycles. The lowest BCUT2D eigenvalue weighted by molar-refractivity contribution is 0.0917. The molecule has 3 rings (SSSR count). The first kappa shape index (κ1) is 18.7. The molecular weight excluding hydrogens is 344 g/mol. The number of amides is 1. The number of aliphatic hydroxyl groups excluding tert-OH is 1. The van der Waals surface area contributed by atoms with E-state index in [4.69, 9.17) is 9.15 Å². The third-order valence-electron chi connectivity index (χ3n) is 4.14. The molecule has 0 radical (unpaired) electrons. The minimum Gasteiger partial charge on any atom is -0.489 e. The van der Waals surface area contributed by atoms with Gasteiger partial charge < -0.3 is 19.6 Å². The van der Waals surface area contributed by atoms with E-state index >= 15 is 0 Å². The summed E-state index contributed by atoms with van der Waals surface area (Å²) in [6, 6.07) is 17.7. The Morgan fingerprint density at radius 3 is 2.56 bits per heavy atom. The Bertz CT molecular complexity index is 859. The van der Waals surface area contributed by atoms with Crippen molar-refractivity contribution in [2.24, 2.45) is 0 Å². The third-order valence-corrected chi connectivity index (χ3v) is 4.14. The molecule has 1 unspecified atom stereocenters. The Labute approximate surface area is 157 Å². The van der Waals surface area contributed by atoms with Crippen molar-refractivity contribution in [1.29, 1.82) is 0 Å². The number of nitrogens with one attached hydrogen (secondary N) is 1. The van der Waals surface area contributed by atoms with E-state index in [1.54, 1.807) is 0 Å². The smallest absolute Gasteiger partial charge is 0.288 e. The van der Waals surface area contributed by atoms with Crippen molar-refractivity contribution in [1.82, 2.24) is 10.3 Å². The molecule has 2 N–H and O–H groups in total. The van der Waals surface area contributed by atoms with Gasteiger partial charge in [-0.15, -0.1) is 0 Å². The number of ether oxygens (including phenoxy) is 1. The summed E-state index contributed by atoms with van der Waals surface area (Å²) in [5, 5.41) is 12.7. The van der Waals surface area contributed by atoms with Gasteiger partial charge in [0.15, 0.2) is 0 Å². The van der Waals surface area contributed by atoms with E-state index in [0.29, 0.717) is 19.4 Å². The van der Waals surface area contributed by atoms with E-state index < -0.39 is 6.10 Å². The molecule has 0 bridgehead atoms. The number of hydrogen-bond acceptors (Lipinski definition) is 5. The molecule has 6 heteroatoms. The number of carbonyl (C=O) groups is 1. The topological polar surface area (TPSA) is 84.6 Å². The summed E-state index contributed by atoms with van der Waals surface area (Å²) in [4.78, 5) is 15.4. The van der Waals surface area contributed by atoms with Crippen molar-refractivity contribution in [2.75, 3.05) is 7.05 Å². The number of benzene rings is 2. The van der Waals surface area contributed by atoms with Crippen LogP contribution in [0.25, 0.3) is 0 Å². The van der Waals surface area contributed by atoms with Crippen molar-refractivity contribution < 1.29 is 19.1 Å². The van der Waals surface area contributed by atoms with Gasteiger partial charge in [-0.05, 0) is 36.1 Å². The Kier molecular flexibility index (Phi) is 6.22. The molecule has 2 aromatic carbocycles. The number of hydrogen-bond donors (Lipinski definition) is 2. The summed E-state index contributed by atoms with van der Waals surface area (Å²) >= 11 is 0. The van der Waals surface area contributed by atoms with Crippen LogP contribution in [0.2, 0.25) is 0 Å². The second-order valence-corrected chi connectivity index (χ2v) is 6.11. The molecule has 3 aromatic rings. The van der Waals surface area contributed by atoms with Crippen molar-refractivity contribution in [3.8, 4) is 5.75 Å². The highest BCUT2D eigenvalue weighted by molar-refractivity contribution is 5.90. The molecule has 0 aliphatic heterocycles. The number of oxazole rings is 1. The van der Waals surface area contributed by atoms with E-state index in [0.717, 1.165) is 16.9 Å². The zero-order valence-electron chi connectivity index (χ0n) is 15.1. The second kappa shape index (κ2) is 9.00. The average molecular weight is 366 g/mol. The quantitative estimate of drug-likeness (QED) is 0.639. The number of rotatable bonds is 8. The van der Waals surface area contributed by atoms with Gasteiger partial charge in [-0.1, -0.05) is 42.5 Å². The van der Waals surface area contributed by atoms with Crippen molar-refractivity contribution in [3.05, 3.63) is 83.6 Å². The van der Waals surface area contributed by atoms with Gasteiger partial charge in [-0.2, -0.15) is 0 Å². The van der Waals surface area contributed by atoms with Crippen LogP contribution in [-0.4, -0.2) is 23.0 Å². The summed E-state index contributed by atoms with van der Waals surface area (Å²) < 4.78 is 11.0. The van der Waals surface area contributed by atoms with Crippen LogP contribution in [0.5, 0.6) is 5.75 Å². The van der Waals surface area contributed by atoms with Crippen LogP contribution >= 0.6 is 0 Å². The van der Waals surface area contributed by atoms with Gasteiger partial charge in [0.2, 0.25) is 11.7 Å². The van der Waals surface area contributed by atoms with E-state index in [-0.39, 0.29) is 17.6 Å². The second-order valence-electron chi connectivity index (χ2n) is 6.11. The van der Waals surface area contributed by atoms with Crippen LogP contribution in [0.1, 0.15) is 40.1 Å². The minimum absolute atomic E-state index is 0.0920. The number of aromatic nitrogens is 1. The van der Waals surface area contributed by atoms with Crippen LogP contribution < -0.4 is 10.1 Å². The molecule has 27 heavy (non-hydrogen) atoms. The lowest BCUT2D eigenvalue weighted by Gasteiger charge is -2.09. The molecular formula is C21H22N2O4. The summed E-state index contributed by atoms with van der Waals surface area (Å²) in [5.74, 6) is 0.719. The summed E-state index contributed by atoms with van der Waals surface area (Å²) in [6.45, 7) is 0.505. The Balaban J connectivity index is 1.49. The molecule has 0 spiro atoms. The molecule has 1 atom stereocenters. The molecule has 0 aliphatic rings. The van der Waals surface area contributed by atoms with Gasteiger partial charge in [0, 0.05) is 7.05 Å². The lowest BCUT2D eigenvalue weighted by Crippen LogP contribution is -2.16. The predicted octanol–water partition coefficient (Wildman–Crippen LogP) is 3.28. The Morgan fingerprint density at radius 1 is 1.15 bits per heavy atom. The average Bonchev–Trinajstić information content (AvgIpc) is 3.22. The van der Waals surface area contributed by atoms with Crippen LogP contribution in [-0.2, 0) is 13.0 Å². The van der Waals surface area contributed by atoms with Crippen molar-refractivity contribution in [3.63, 3.8) is 0 Å². The maximum absolute atomic E-state index is 11.5. The van der Waals surface area contributed by atoms with E-state index in [9.17, 15) is 9.90 Å². The standard InChI is InChI=1S/C21H22N2O4/c1-22-20(25)19-13-23-21(27-19)18(24)12-11-15-7-9-16(10-8-15)14-26-17-5-3-2-4-6-17/h2-10,13,18,24H,11-12,14H2,1H3,(H,22,25). The number of aliphatic hydroxyl groups is 1. The lowest BCUT2D eigenvalue weighted by atomic mass is 10.1. The summed E-state index contributed by atoms with van der Waals surface area (Å²) in [6.07, 6.45) is 1.58. The minimum atomic E-state index is -0.857. The van der Waals surface area contributed by atoms with E-state index in [2.05, 4.69) is 10.3 Å². The zero-order chi connectivity index (χ0) is 19.1. The monoisotopic (exact) mass is 366 g/mol. The van der Waals surface area contributed by atoms with Gasteiger partial charge in [0.05, 0.1) is 6.20 Å². The van der Waals surface area contributed by atoms with Crippen molar-refractivity contribution >= 4 is 5.91 Å². The fraction of sp³-hybridized carbons (Fsp3) is 0.238. The highest BCUT2D eigenvalue weighted by atomic mass is 16.5. The van der Waals surface area contributed by atoms with Crippen molar-refractivity contribution in [2.45, 2.75) is 25.6 Å². The molecule has 140 valence electrons. The van der Waals surface area contributed by atoms with Gasteiger partial charge in [0.1, 0.15) is 18.5 Å². The SMILES string of the molecule is CNC(=O)c1cnc(C(O)CCc2ccc(COc3ccccc3)cc2)o1. The molecule has 1 heterocycles. The number of para-hydroxylation sites is 1. The highest BCUT2D eigenvalue weighted by Crippen LogP contribution is 2.20. The largest absolute Gasteiger partial charge is 0.489 e. The van der Waals surface area contributed by atoms with E-state index in [1.165, 1.54) is 13.2 Å². The molecule has 1 amide bonds. The number of carbonyl (C=O) groups excluding carboxylic acids is 1. The third kappa shape index (κ3) is 5.18. The van der Waals surface area contributed by atoms with Crippen LogP contribution in [0.15, 0.2) is 65.2 Å². The summed E-state index contributed by atoms with van der Waals surface area (Å²) in [7, 11) is 1.51. The molecule has 6 nitrogen and oxygen atoms in total. The summed E-state index contributed by atoms with van der Waals surface area (Å²) in [5.41, 5.74) is 2.17. The fourth-order valence-corrected chi connectivity index (χ4v) is 2.58. The molecule has 0 aliphatic carbocycles. The first-order valence-corrected chi connectivity index (χ1v) is 8.77. The molecule has 0 saturated carbocycles. The van der Waals surface area contributed by atoms with E-state index in [1.807, 2.05) is 54.6 Å². The van der Waals surface area contributed by atoms with Gasteiger partial charge in [-0.25, -0.2) is 4.98 Å². The maximum atomic E-state index is 11.5. The zero-order valence-corrected chi connectivity index (χ0v) is 15.1. The van der Waals surface area contributed by atoms with Gasteiger partial charge in [0.25, 0.3) is 5.91 Å². The maximum Gasteiger partial charge on any atom is 0.288 e. The molecule has 0 fully saturated rings. The van der Waals surface area contributed by atoms with Gasteiger partial charge in [-0.3, -0.25) is 4.79 Å². The van der Waals surface area contributed by atoms with Crippen LogP contribution in [0.4, 0.5) is 0 Å². The highest BCUT2D eigenvalue weighted by Gasteiger charge is 2.17. The normalized spacial score (nSPS) is 11.8. The molecule has 1 aromatic heterocycles. The van der Waals surface area contributed by atoms with Gasteiger partial charge >= 0.3 is 0 Å². The Hall–Kier alpha value is -3.12. The number of nitrogens with zero attached hydrogens (tertiary/aromatic N) is 1.